The monoisotopic (exact) mass is 322 g/mol. The summed E-state index contributed by atoms with van der Waals surface area (Å²) in [6, 6.07) is 14.2. The van der Waals surface area contributed by atoms with Crippen molar-refractivity contribution in [2.75, 3.05) is 0 Å². The molecular weight excluding hydrogens is 302 g/mol. The van der Waals surface area contributed by atoms with Gasteiger partial charge in [-0.25, -0.2) is 9.98 Å². The molecule has 0 N–H and O–H groups in total. The second-order valence-electron chi connectivity index (χ2n) is 5.76. The maximum atomic E-state index is 5.94. The normalized spacial score (nSPS) is 11.7. The van der Waals surface area contributed by atoms with Crippen LogP contribution in [0.2, 0.25) is 13.1 Å². The maximum Gasteiger partial charge on any atom is 0.274 e. The van der Waals surface area contributed by atoms with Crippen molar-refractivity contribution >= 4 is 32.0 Å². The van der Waals surface area contributed by atoms with Crippen molar-refractivity contribution in [1.29, 1.82) is 0 Å². The number of aromatic nitrogens is 2. The minimum Gasteiger partial charge on any atom is -0.541 e. The van der Waals surface area contributed by atoms with Crippen LogP contribution < -0.4 is 4.43 Å². The molecule has 3 rings (SSSR count). The summed E-state index contributed by atoms with van der Waals surface area (Å²) in [5, 5.41) is 0. The minimum atomic E-state index is -0.827. The summed E-state index contributed by atoms with van der Waals surface area (Å²) in [7, 11) is 1.18. The fraction of sp³-hybridized carbons (Fsp3) is 0.222. The third kappa shape index (κ3) is 3.34. The number of hydrogen-bond donors (Lipinski definition) is 0. The van der Waals surface area contributed by atoms with Gasteiger partial charge in [-0.15, -0.1) is 0 Å². The largest absolute Gasteiger partial charge is 0.541 e. The van der Waals surface area contributed by atoms with Gasteiger partial charge in [-0.2, -0.15) is 0 Å². The van der Waals surface area contributed by atoms with Crippen molar-refractivity contribution in [2.45, 2.75) is 20.0 Å². The lowest BCUT2D eigenvalue weighted by Gasteiger charge is -2.11. The minimum absolute atomic E-state index is 0.827. The average molecular weight is 322 g/mol. The van der Waals surface area contributed by atoms with Crippen LogP contribution in [0.25, 0.3) is 11.0 Å². The first-order chi connectivity index (χ1) is 11.0. The Morgan fingerprint density at radius 1 is 1.17 bits per heavy atom. The smallest absolute Gasteiger partial charge is 0.274 e. The van der Waals surface area contributed by atoms with Gasteiger partial charge in [-0.1, -0.05) is 18.2 Å². The number of benzene rings is 2. The molecule has 1 aromatic heterocycles. The van der Waals surface area contributed by atoms with Gasteiger partial charge in [-0.05, 0) is 49.8 Å². The Bertz CT molecular complexity index is 868. The van der Waals surface area contributed by atoms with Crippen LogP contribution in [0.3, 0.4) is 0 Å². The number of rotatable bonds is 4. The number of fused-ring (bicyclic) bond motifs is 1. The van der Waals surface area contributed by atoms with E-state index in [1.54, 1.807) is 6.21 Å². The van der Waals surface area contributed by atoms with E-state index in [2.05, 4.69) is 36.1 Å². The summed E-state index contributed by atoms with van der Waals surface area (Å²) in [4.78, 5) is 9.25. The van der Waals surface area contributed by atoms with Crippen LogP contribution in [0.4, 0.5) is 5.69 Å². The number of imidazole rings is 1. The molecule has 1 radical (unpaired) electrons. The molecule has 0 aliphatic rings. The molecule has 2 aromatic carbocycles. The van der Waals surface area contributed by atoms with Gasteiger partial charge in [0, 0.05) is 7.05 Å². The molecule has 5 heteroatoms. The van der Waals surface area contributed by atoms with Crippen LogP contribution in [-0.4, -0.2) is 24.8 Å². The first kappa shape index (κ1) is 15.5. The highest BCUT2D eigenvalue weighted by atomic mass is 28.3. The Morgan fingerprint density at radius 3 is 2.70 bits per heavy atom. The average Bonchev–Trinajstić information content (AvgIpc) is 2.84. The van der Waals surface area contributed by atoms with Crippen LogP contribution in [-0.2, 0) is 7.05 Å². The van der Waals surface area contributed by atoms with Gasteiger partial charge in [0.2, 0.25) is 0 Å². The molecule has 0 bridgehead atoms. The van der Waals surface area contributed by atoms with E-state index in [4.69, 9.17) is 4.43 Å². The van der Waals surface area contributed by atoms with E-state index in [9.17, 15) is 0 Å². The molecule has 0 aliphatic heterocycles. The molecule has 0 unspecified atom stereocenters. The Balaban J connectivity index is 1.98. The first-order valence-corrected chi connectivity index (χ1v) is 9.99. The molecule has 23 heavy (non-hydrogen) atoms. The van der Waals surface area contributed by atoms with Crippen LogP contribution >= 0.6 is 0 Å². The second-order valence-corrected chi connectivity index (χ2v) is 7.78. The zero-order valence-corrected chi connectivity index (χ0v) is 14.9. The summed E-state index contributed by atoms with van der Waals surface area (Å²) in [5.41, 5.74) is 4.09. The highest BCUT2D eigenvalue weighted by molar-refractivity contribution is 6.49. The Labute approximate surface area is 138 Å². The molecule has 0 spiro atoms. The molecule has 0 saturated heterocycles. The van der Waals surface area contributed by atoms with Crippen molar-refractivity contribution in [1.82, 2.24) is 9.55 Å². The molecule has 0 aliphatic carbocycles. The van der Waals surface area contributed by atoms with Crippen LogP contribution in [0.15, 0.2) is 47.5 Å². The highest BCUT2D eigenvalue weighted by Crippen LogP contribution is 2.29. The van der Waals surface area contributed by atoms with Gasteiger partial charge in [0.25, 0.3) is 9.04 Å². The summed E-state index contributed by atoms with van der Waals surface area (Å²) in [6.07, 6.45) is 1.80. The van der Waals surface area contributed by atoms with Gasteiger partial charge < -0.3 is 8.99 Å². The fourth-order valence-electron chi connectivity index (χ4n) is 2.44. The van der Waals surface area contributed by atoms with E-state index in [0.29, 0.717) is 0 Å². The predicted molar refractivity (Wildman–Crippen MR) is 97.3 cm³/mol. The summed E-state index contributed by atoms with van der Waals surface area (Å²) in [5.74, 6) is 1.67. The van der Waals surface area contributed by atoms with Gasteiger partial charge in [0.15, 0.2) is 5.82 Å². The van der Waals surface area contributed by atoms with E-state index < -0.39 is 9.04 Å². The summed E-state index contributed by atoms with van der Waals surface area (Å²) < 4.78 is 7.98. The quantitative estimate of drug-likeness (QED) is 0.532. The lowest BCUT2D eigenvalue weighted by molar-refractivity contribution is 0.582. The van der Waals surface area contributed by atoms with Crippen LogP contribution in [0.5, 0.6) is 5.75 Å². The zero-order valence-electron chi connectivity index (χ0n) is 13.9. The molecule has 3 aromatic rings. The third-order valence-electron chi connectivity index (χ3n) is 3.57. The molecule has 0 amide bonds. The Hall–Kier alpha value is -2.40. The lowest BCUT2D eigenvalue weighted by Crippen LogP contribution is -2.11. The second kappa shape index (κ2) is 6.38. The number of aryl methyl sites for hydroxylation is 2. The SMILES string of the molecule is Cc1ccc(O[Si](C)C)c(N=Cc2nc3ccccc3n2C)c1. The van der Waals surface area contributed by atoms with Gasteiger partial charge in [0.1, 0.15) is 11.4 Å². The topological polar surface area (TPSA) is 39.4 Å². The summed E-state index contributed by atoms with van der Waals surface area (Å²) >= 11 is 0. The number of para-hydroxylation sites is 2. The van der Waals surface area contributed by atoms with Crippen LogP contribution in [0.1, 0.15) is 11.4 Å². The van der Waals surface area contributed by atoms with Gasteiger partial charge in [0.05, 0.1) is 17.2 Å². The van der Waals surface area contributed by atoms with E-state index in [1.165, 1.54) is 0 Å². The van der Waals surface area contributed by atoms with Gasteiger partial charge >= 0.3 is 0 Å². The van der Waals surface area contributed by atoms with E-state index in [1.807, 2.05) is 48.0 Å². The lowest BCUT2D eigenvalue weighted by atomic mass is 10.2. The zero-order chi connectivity index (χ0) is 16.4. The predicted octanol–water partition coefficient (Wildman–Crippen LogP) is 4.26. The van der Waals surface area contributed by atoms with Crippen molar-refractivity contribution < 1.29 is 4.43 Å². The molecule has 0 atom stereocenters. The van der Waals surface area contributed by atoms with Crippen molar-refractivity contribution in [3.05, 3.63) is 53.9 Å². The van der Waals surface area contributed by atoms with Crippen molar-refractivity contribution in [3.8, 4) is 5.75 Å². The van der Waals surface area contributed by atoms with Gasteiger partial charge in [-0.3, -0.25) is 0 Å². The number of hydrogen-bond acceptors (Lipinski definition) is 3. The Morgan fingerprint density at radius 2 is 1.96 bits per heavy atom. The molecular formula is C18H20N3OSi. The van der Waals surface area contributed by atoms with Crippen molar-refractivity contribution in [2.24, 2.45) is 12.0 Å². The van der Waals surface area contributed by atoms with E-state index in [-0.39, 0.29) is 0 Å². The standard InChI is InChI=1S/C18H20N3OSi/c1-13-9-10-17(22-23(3)4)15(11-13)19-12-18-20-14-7-5-6-8-16(14)21(18)2/h5-12H,1-4H3. The molecule has 0 fully saturated rings. The molecule has 117 valence electrons. The molecule has 4 nitrogen and oxygen atoms in total. The van der Waals surface area contributed by atoms with E-state index in [0.717, 1.165) is 33.9 Å². The number of nitrogens with zero attached hydrogens (tertiary/aromatic N) is 3. The maximum absolute atomic E-state index is 5.94. The molecule has 1 heterocycles. The first-order valence-electron chi connectivity index (χ1n) is 7.59. The third-order valence-corrected chi connectivity index (χ3v) is 4.20. The summed E-state index contributed by atoms with van der Waals surface area (Å²) in [6.45, 7) is 6.29. The molecule has 0 saturated carbocycles. The Kier molecular flexibility index (Phi) is 4.30. The fourth-order valence-corrected chi connectivity index (χ4v) is 3.05. The van der Waals surface area contributed by atoms with Crippen LogP contribution in [0, 0.1) is 6.92 Å². The highest BCUT2D eigenvalue weighted by Gasteiger charge is 2.08. The van der Waals surface area contributed by atoms with E-state index >= 15 is 0 Å². The number of aliphatic imine (C=N–C) groups is 1. The van der Waals surface area contributed by atoms with Crippen molar-refractivity contribution in [3.63, 3.8) is 0 Å².